The number of fused-ring (bicyclic) bond motifs is 1. The van der Waals surface area contributed by atoms with Gasteiger partial charge in [0.25, 0.3) is 5.69 Å². The van der Waals surface area contributed by atoms with Crippen molar-refractivity contribution < 1.29 is 14.4 Å². The van der Waals surface area contributed by atoms with Crippen LogP contribution in [-0.4, -0.2) is 29.3 Å². The Morgan fingerprint density at radius 1 is 1.17 bits per heavy atom. The summed E-state index contributed by atoms with van der Waals surface area (Å²) >= 11 is 13.2. The first-order valence-corrected chi connectivity index (χ1v) is 10.1. The van der Waals surface area contributed by atoms with Crippen molar-refractivity contribution in [1.29, 1.82) is 0 Å². The number of nitrogens with one attached hydrogen (secondary N) is 1. The number of H-pyrrole nitrogens is 1. The summed E-state index contributed by atoms with van der Waals surface area (Å²) in [4.78, 5) is 11.0. The zero-order valence-electron chi connectivity index (χ0n) is 16.4. The molecule has 0 fully saturated rings. The topological polar surface area (TPSA) is 90.3 Å². The highest BCUT2D eigenvalue weighted by molar-refractivity contribution is 6.38. The molecular formula is C21H19Cl2N3O4. The lowest BCUT2D eigenvalue weighted by Crippen LogP contribution is -2.14. The second kappa shape index (κ2) is 8.16. The van der Waals surface area contributed by atoms with E-state index in [4.69, 9.17) is 32.7 Å². The van der Waals surface area contributed by atoms with Gasteiger partial charge in [0.15, 0.2) is 0 Å². The fraction of sp³-hybridized carbons (Fsp3) is 0.286. The molecule has 1 aromatic heterocycles. The minimum atomic E-state index is -0.385. The standard InChI is InChI=1S/C21H19Cl2N3O4/c1-29-16-10-17(30-2)20(23)18(19(16)22)11-7-8-12-14(9-11)24-25-21(12)13-5-3-4-6-15(13)26(27)28/h3-6,10-11H,7-9H2,1-2H3,(H,24,25)/t11-/m0/s1. The minimum Gasteiger partial charge on any atom is -0.495 e. The highest BCUT2D eigenvalue weighted by Crippen LogP contribution is 2.48. The lowest BCUT2D eigenvalue weighted by Gasteiger charge is -2.26. The van der Waals surface area contributed by atoms with Crippen LogP contribution in [0, 0.1) is 10.1 Å². The Morgan fingerprint density at radius 3 is 2.47 bits per heavy atom. The highest BCUT2D eigenvalue weighted by atomic mass is 35.5. The van der Waals surface area contributed by atoms with Gasteiger partial charge in [-0.05, 0) is 31.2 Å². The van der Waals surface area contributed by atoms with Gasteiger partial charge in [0.1, 0.15) is 17.2 Å². The number of hydrogen-bond acceptors (Lipinski definition) is 5. The molecule has 3 aromatic rings. The number of nitro groups is 1. The van der Waals surface area contributed by atoms with Crippen LogP contribution in [0.1, 0.15) is 29.2 Å². The van der Waals surface area contributed by atoms with Crippen LogP contribution in [0.5, 0.6) is 11.5 Å². The van der Waals surface area contributed by atoms with Gasteiger partial charge < -0.3 is 9.47 Å². The van der Waals surface area contributed by atoms with Crippen LogP contribution < -0.4 is 9.47 Å². The van der Waals surface area contributed by atoms with E-state index in [1.165, 1.54) is 6.07 Å². The number of halogens is 2. The summed E-state index contributed by atoms with van der Waals surface area (Å²) in [5.41, 5.74) is 3.87. The molecular weight excluding hydrogens is 429 g/mol. The van der Waals surface area contributed by atoms with Crippen molar-refractivity contribution in [3.05, 3.63) is 67.3 Å². The summed E-state index contributed by atoms with van der Waals surface area (Å²) < 4.78 is 10.8. The second-order valence-electron chi connectivity index (χ2n) is 7.07. The number of benzene rings is 2. The molecule has 0 radical (unpaired) electrons. The van der Waals surface area contributed by atoms with Crippen molar-refractivity contribution in [2.24, 2.45) is 0 Å². The monoisotopic (exact) mass is 447 g/mol. The van der Waals surface area contributed by atoms with Gasteiger partial charge in [-0.2, -0.15) is 5.10 Å². The largest absolute Gasteiger partial charge is 0.495 e. The zero-order valence-corrected chi connectivity index (χ0v) is 17.9. The van der Waals surface area contributed by atoms with Gasteiger partial charge in [-0.25, -0.2) is 0 Å². The molecule has 0 bridgehead atoms. The van der Waals surface area contributed by atoms with E-state index in [-0.39, 0.29) is 16.5 Å². The Hall–Kier alpha value is -2.77. The van der Waals surface area contributed by atoms with Crippen LogP contribution in [0.4, 0.5) is 5.69 Å². The lowest BCUT2D eigenvalue weighted by atomic mass is 9.81. The molecule has 1 atom stereocenters. The Morgan fingerprint density at radius 2 is 1.83 bits per heavy atom. The van der Waals surface area contributed by atoms with Gasteiger partial charge in [-0.3, -0.25) is 15.2 Å². The summed E-state index contributed by atoms with van der Waals surface area (Å²) in [7, 11) is 3.09. The average molecular weight is 448 g/mol. The second-order valence-corrected chi connectivity index (χ2v) is 7.82. The summed E-state index contributed by atoms with van der Waals surface area (Å²) in [5.74, 6) is 1.04. The summed E-state index contributed by atoms with van der Waals surface area (Å²) in [6.07, 6.45) is 2.07. The predicted octanol–water partition coefficient (Wildman–Crippen LogP) is 5.58. The van der Waals surface area contributed by atoms with Crippen LogP contribution >= 0.6 is 23.2 Å². The minimum absolute atomic E-state index is 0.0283. The van der Waals surface area contributed by atoms with E-state index in [1.54, 1.807) is 38.5 Å². The Labute approximate surface area is 183 Å². The van der Waals surface area contributed by atoms with E-state index >= 15 is 0 Å². The van der Waals surface area contributed by atoms with Gasteiger partial charge in [-0.1, -0.05) is 35.3 Å². The average Bonchev–Trinajstić information content (AvgIpc) is 3.17. The van der Waals surface area contributed by atoms with Crippen molar-refractivity contribution in [3.63, 3.8) is 0 Å². The van der Waals surface area contributed by atoms with Gasteiger partial charge in [0.05, 0.1) is 34.8 Å². The first kappa shape index (κ1) is 20.5. The number of aromatic amines is 1. The zero-order chi connectivity index (χ0) is 21.4. The van der Waals surface area contributed by atoms with E-state index in [0.29, 0.717) is 45.6 Å². The number of nitro benzene ring substituents is 1. The van der Waals surface area contributed by atoms with Crippen LogP contribution in [0.2, 0.25) is 10.0 Å². The third-order valence-corrected chi connectivity index (χ3v) is 6.30. The molecule has 7 nitrogen and oxygen atoms in total. The smallest absolute Gasteiger partial charge is 0.278 e. The molecule has 9 heteroatoms. The van der Waals surface area contributed by atoms with Crippen molar-refractivity contribution in [3.8, 4) is 22.8 Å². The number of ether oxygens (including phenoxy) is 2. The quantitative estimate of drug-likeness (QED) is 0.407. The highest BCUT2D eigenvalue weighted by Gasteiger charge is 2.31. The van der Waals surface area contributed by atoms with E-state index < -0.39 is 0 Å². The van der Waals surface area contributed by atoms with Gasteiger partial charge in [-0.15, -0.1) is 0 Å². The molecule has 1 heterocycles. The Kier molecular flexibility index (Phi) is 5.58. The predicted molar refractivity (Wildman–Crippen MR) is 115 cm³/mol. The molecule has 30 heavy (non-hydrogen) atoms. The van der Waals surface area contributed by atoms with E-state index in [1.807, 2.05) is 0 Å². The SMILES string of the molecule is COc1cc(OC)c(Cl)c([C@H]2CCc3c(-c4ccccc4[N+](=O)[O-])n[nH]c3C2)c1Cl. The summed E-state index contributed by atoms with van der Waals surface area (Å²) in [6, 6.07) is 8.31. The van der Waals surface area contributed by atoms with E-state index in [9.17, 15) is 10.1 Å². The summed E-state index contributed by atoms with van der Waals surface area (Å²) in [5, 5.41) is 19.8. The van der Waals surface area contributed by atoms with Gasteiger partial charge in [0.2, 0.25) is 0 Å². The van der Waals surface area contributed by atoms with Gasteiger partial charge >= 0.3 is 0 Å². The molecule has 0 unspecified atom stereocenters. The molecule has 0 amide bonds. The fourth-order valence-electron chi connectivity index (χ4n) is 4.07. The van der Waals surface area contributed by atoms with Crippen molar-refractivity contribution in [2.75, 3.05) is 14.2 Å². The van der Waals surface area contributed by atoms with Crippen molar-refractivity contribution in [1.82, 2.24) is 10.2 Å². The fourth-order valence-corrected chi connectivity index (χ4v) is 4.88. The van der Waals surface area contributed by atoms with E-state index in [0.717, 1.165) is 23.2 Å². The Balaban J connectivity index is 1.73. The maximum Gasteiger partial charge on any atom is 0.278 e. The van der Waals surface area contributed by atoms with Crippen LogP contribution in [0.15, 0.2) is 30.3 Å². The third kappa shape index (κ3) is 3.38. The number of rotatable bonds is 5. The van der Waals surface area contributed by atoms with Crippen molar-refractivity contribution >= 4 is 28.9 Å². The molecule has 1 N–H and O–H groups in total. The third-order valence-electron chi connectivity index (χ3n) is 5.52. The number of para-hydroxylation sites is 1. The number of methoxy groups -OCH3 is 2. The normalized spacial score (nSPS) is 15.5. The first-order chi connectivity index (χ1) is 14.5. The molecule has 156 valence electrons. The molecule has 0 spiro atoms. The maximum absolute atomic E-state index is 11.4. The molecule has 0 saturated carbocycles. The Bertz CT molecular complexity index is 1100. The molecule has 4 rings (SSSR count). The van der Waals surface area contributed by atoms with E-state index in [2.05, 4.69) is 10.2 Å². The number of aromatic nitrogens is 2. The summed E-state index contributed by atoms with van der Waals surface area (Å²) in [6.45, 7) is 0. The van der Waals surface area contributed by atoms with Crippen LogP contribution in [-0.2, 0) is 12.8 Å². The van der Waals surface area contributed by atoms with Crippen molar-refractivity contribution in [2.45, 2.75) is 25.2 Å². The van der Waals surface area contributed by atoms with Crippen LogP contribution in [0.3, 0.4) is 0 Å². The molecule has 1 aliphatic carbocycles. The lowest BCUT2D eigenvalue weighted by molar-refractivity contribution is -0.384. The number of nitrogens with zero attached hydrogens (tertiary/aromatic N) is 2. The maximum atomic E-state index is 11.4. The first-order valence-electron chi connectivity index (χ1n) is 9.36. The molecule has 1 aliphatic rings. The molecule has 0 saturated heterocycles. The van der Waals surface area contributed by atoms with Gasteiger partial charge in [0, 0.05) is 29.0 Å². The number of hydrogen-bond donors (Lipinski definition) is 1. The molecule has 2 aromatic carbocycles. The molecule has 0 aliphatic heterocycles. The van der Waals surface area contributed by atoms with Crippen LogP contribution in [0.25, 0.3) is 11.3 Å².